The number of alkyl halides is 1. The van der Waals surface area contributed by atoms with Crippen molar-refractivity contribution in [1.82, 2.24) is 4.90 Å². The summed E-state index contributed by atoms with van der Waals surface area (Å²) in [5, 5.41) is 0. The first kappa shape index (κ1) is 13.1. The van der Waals surface area contributed by atoms with Gasteiger partial charge in [-0.05, 0) is 32.4 Å². The summed E-state index contributed by atoms with van der Waals surface area (Å²) in [5.41, 5.74) is 2.76. The summed E-state index contributed by atoms with van der Waals surface area (Å²) in [6.07, 6.45) is 5.41. The van der Waals surface area contributed by atoms with Crippen molar-refractivity contribution in [3.05, 3.63) is 35.4 Å². The van der Waals surface area contributed by atoms with Crippen LogP contribution in [0.4, 0.5) is 0 Å². The van der Waals surface area contributed by atoms with Crippen molar-refractivity contribution in [2.75, 3.05) is 7.05 Å². The number of rotatable bonds is 3. The predicted octanol–water partition coefficient (Wildman–Crippen LogP) is 4.13. The van der Waals surface area contributed by atoms with Crippen molar-refractivity contribution in [1.29, 1.82) is 0 Å². The molecule has 2 unspecified atom stereocenters. The highest BCUT2D eigenvalue weighted by atomic mass is 79.9. The molecular formula is C15H22BrN. The van der Waals surface area contributed by atoms with Crippen LogP contribution < -0.4 is 0 Å². The van der Waals surface area contributed by atoms with Crippen molar-refractivity contribution in [3.63, 3.8) is 0 Å². The first-order valence-corrected chi connectivity index (χ1v) is 7.48. The van der Waals surface area contributed by atoms with Gasteiger partial charge in [-0.15, -0.1) is 0 Å². The SMILES string of the molecule is Cc1ccc(CN(C)C2CCCCC2Br)cc1. The van der Waals surface area contributed by atoms with Crippen LogP contribution in [0.15, 0.2) is 24.3 Å². The maximum Gasteiger partial charge on any atom is 0.0301 e. The van der Waals surface area contributed by atoms with E-state index in [1.165, 1.54) is 36.8 Å². The van der Waals surface area contributed by atoms with Crippen LogP contribution in [0.3, 0.4) is 0 Å². The highest BCUT2D eigenvalue weighted by molar-refractivity contribution is 9.09. The molecule has 0 aromatic heterocycles. The van der Waals surface area contributed by atoms with E-state index in [4.69, 9.17) is 0 Å². The zero-order valence-corrected chi connectivity index (χ0v) is 12.4. The third-order valence-electron chi connectivity index (χ3n) is 3.77. The predicted molar refractivity (Wildman–Crippen MR) is 77.6 cm³/mol. The van der Waals surface area contributed by atoms with E-state index in [9.17, 15) is 0 Å². The van der Waals surface area contributed by atoms with Gasteiger partial charge in [0, 0.05) is 17.4 Å². The molecule has 1 saturated carbocycles. The van der Waals surface area contributed by atoms with Gasteiger partial charge < -0.3 is 0 Å². The summed E-state index contributed by atoms with van der Waals surface area (Å²) >= 11 is 3.84. The van der Waals surface area contributed by atoms with Crippen molar-refractivity contribution in [2.24, 2.45) is 0 Å². The fraction of sp³-hybridized carbons (Fsp3) is 0.600. The van der Waals surface area contributed by atoms with E-state index in [1.807, 2.05) is 0 Å². The van der Waals surface area contributed by atoms with Gasteiger partial charge in [-0.25, -0.2) is 0 Å². The molecule has 0 spiro atoms. The van der Waals surface area contributed by atoms with Crippen LogP contribution in [0.5, 0.6) is 0 Å². The second kappa shape index (κ2) is 6.01. The van der Waals surface area contributed by atoms with Crippen LogP contribution in [0.1, 0.15) is 36.8 Å². The zero-order valence-electron chi connectivity index (χ0n) is 10.8. The maximum absolute atomic E-state index is 3.84. The number of benzene rings is 1. The molecule has 0 radical (unpaired) electrons. The topological polar surface area (TPSA) is 3.24 Å². The van der Waals surface area contributed by atoms with E-state index in [1.54, 1.807) is 0 Å². The Labute approximate surface area is 113 Å². The van der Waals surface area contributed by atoms with Gasteiger partial charge in [0.2, 0.25) is 0 Å². The number of aryl methyl sites for hydroxylation is 1. The first-order valence-electron chi connectivity index (χ1n) is 6.56. The van der Waals surface area contributed by atoms with Crippen LogP contribution in [-0.2, 0) is 6.54 Å². The summed E-state index contributed by atoms with van der Waals surface area (Å²) in [6, 6.07) is 9.60. The van der Waals surface area contributed by atoms with Gasteiger partial charge >= 0.3 is 0 Å². The monoisotopic (exact) mass is 295 g/mol. The van der Waals surface area contributed by atoms with Crippen LogP contribution >= 0.6 is 15.9 Å². The van der Waals surface area contributed by atoms with E-state index in [0.717, 1.165) is 6.54 Å². The molecule has 1 aromatic carbocycles. The molecule has 2 rings (SSSR count). The number of hydrogen-bond acceptors (Lipinski definition) is 1. The molecule has 0 amide bonds. The minimum absolute atomic E-state index is 0.673. The average Bonchev–Trinajstić information content (AvgIpc) is 2.32. The minimum atomic E-state index is 0.673. The second-order valence-corrected chi connectivity index (χ2v) is 6.44. The van der Waals surface area contributed by atoms with E-state index in [-0.39, 0.29) is 0 Å². The van der Waals surface area contributed by atoms with Crippen molar-refractivity contribution in [3.8, 4) is 0 Å². The summed E-state index contributed by atoms with van der Waals surface area (Å²) in [6.45, 7) is 3.20. The van der Waals surface area contributed by atoms with Gasteiger partial charge in [0.1, 0.15) is 0 Å². The zero-order chi connectivity index (χ0) is 12.3. The maximum atomic E-state index is 3.84. The van der Waals surface area contributed by atoms with Crippen LogP contribution in [0.2, 0.25) is 0 Å². The summed E-state index contributed by atoms with van der Waals surface area (Å²) in [7, 11) is 2.25. The minimum Gasteiger partial charge on any atom is -0.298 e. The largest absolute Gasteiger partial charge is 0.298 e. The van der Waals surface area contributed by atoms with Gasteiger partial charge in [0.15, 0.2) is 0 Å². The highest BCUT2D eigenvalue weighted by Gasteiger charge is 2.25. The summed E-state index contributed by atoms with van der Waals surface area (Å²) < 4.78 is 0. The molecule has 1 nitrogen and oxygen atoms in total. The number of halogens is 1. The average molecular weight is 296 g/mol. The molecule has 2 heteroatoms. The summed E-state index contributed by atoms with van der Waals surface area (Å²) in [5.74, 6) is 0. The van der Waals surface area contributed by atoms with E-state index >= 15 is 0 Å². The molecule has 17 heavy (non-hydrogen) atoms. The molecular weight excluding hydrogens is 274 g/mol. The highest BCUT2D eigenvalue weighted by Crippen LogP contribution is 2.28. The van der Waals surface area contributed by atoms with Gasteiger partial charge in [0.05, 0.1) is 0 Å². The lowest BCUT2D eigenvalue weighted by molar-refractivity contribution is 0.193. The third-order valence-corrected chi connectivity index (χ3v) is 4.83. The Morgan fingerprint density at radius 2 is 1.82 bits per heavy atom. The number of hydrogen-bond donors (Lipinski definition) is 0. The lowest BCUT2D eigenvalue weighted by Gasteiger charge is -2.35. The van der Waals surface area contributed by atoms with Crippen LogP contribution in [0, 0.1) is 6.92 Å². The standard InChI is InChI=1S/C15H22BrN/c1-12-7-9-13(10-8-12)11-17(2)15-6-4-3-5-14(15)16/h7-10,14-15H,3-6,11H2,1-2H3. The molecule has 0 N–H and O–H groups in total. The van der Waals surface area contributed by atoms with Crippen molar-refractivity contribution >= 4 is 15.9 Å². The van der Waals surface area contributed by atoms with Crippen LogP contribution in [0.25, 0.3) is 0 Å². The fourth-order valence-corrected chi connectivity index (χ4v) is 3.65. The van der Waals surface area contributed by atoms with Gasteiger partial charge in [-0.2, -0.15) is 0 Å². The third kappa shape index (κ3) is 3.56. The van der Waals surface area contributed by atoms with Crippen molar-refractivity contribution in [2.45, 2.75) is 50.0 Å². The molecule has 1 fully saturated rings. The smallest absolute Gasteiger partial charge is 0.0301 e. The molecule has 0 bridgehead atoms. The quantitative estimate of drug-likeness (QED) is 0.758. The Balaban J connectivity index is 1.95. The molecule has 1 aliphatic rings. The molecule has 1 aromatic rings. The lowest BCUT2D eigenvalue weighted by atomic mass is 9.94. The van der Waals surface area contributed by atoms with Crippen molar-refractivity contribution < 1.29 is 0 Å². The first-order chi connectivity index (χ1) is 8.16. The molecule has 94 valence electrons. The Hall–Kier alpha value is -0.340. The van der Waals surface area contributed by atoms with E-state index in [0.29, 0.717) is 10.9 Å². The normalized spacial score (nSPS) is 25.2. The number of nitrogens with zero attached hydrogens (tertiary/aromatic N) is 1. The second-order valence-electron chi connectivity index (χ2n) is 5.27. The van der Waals surface area contributed by atoms with Gasteiger partial charge in [-0.1, -0.05) is 58.6 Å². The molecule has 0 aliphatic heterocycles. The Morgan fingerprint density at radius 3 is 2.47 bits per heavy atom. The molecule has 0 heterocycles. The molecule has 2 atom stereocenters. The summed E-state index contributed by atoms with van der Waals surface area (Å²) in [4.78, 5) is 3.18. The van der Waals surface area contributed by atoms with Gasteiger partial charge in [0.25, 0.3) is 0 Å². The Morgan fingerprint density at radius 1 is 1.18 bits per heavy atom. The fourth-order valence-electron chi connectivity index (χ4n) is 2.66. The lowest BCUT2D eigenvalue weighted by Crippen LogP contribution is -2.40. The van der Waals surface area contributed by atoms with Crippen LogP contribution in [-0.4, -0.2) is 22.8 Å². The molecule has 1 aliphatic carbocycles. The Kier molecular flexibility index (Phi) is 4.63. The van der Waals surface area contributed by atoms with Gasteiger partial charge in [-0.3, -0.25) is 4.90 Å². The Bertz CT molecular complexity index is 346. The molecule has 0 saturated heterocycles. The van der Waals surface area contributed by atoms with E-state index in [2.05, 4.69) is 59.1 Å². The van der Waals surface area contributed by atoms with E-state index < -0.39 is 0 Å².